The van der Waals surface area contributed by atoms with Crippen LogP contribution in [0.4, 0.5) is 0 Å². The van der Waals surface area contributed by atoms with Crippen LogP contribution in [0.1, 0.15) is 19.2 Å². The summed E-state index contributed by atoms with van der Waals surface area (Å²) < 4.78 is 11.1. The zero-order valence-electron chi connectivity index (χ0n) is 11.8. The minimum Gasteiger partial charge on any atom is -0.496 e. The van der Waals surface area contributed by atoms with Crippen LogP contribution in [-0.2, 0) is 6.42 Å². The van der Waals surface area contributed by atoms with Crippen molar-refractivity contribution in [2.45, 2.75) is 19.8 Å². The van der Waals surface area contributed by atoms with Crippen LogP contribution >= 0.6 is 11.6 Å². The third-order valence-electron chi connectivity index (χ3n) is 2.98. The van der Waals surface area contributed by atoms with Gasteiger partial charge in [-0.3, -0.25) is 0 Å². The van der Waals surface area contributed by atoms with Gasteiger partial charge in [0.1, 0.15) is 5.75 Å². The lowest BCUT2D eigenvalue weighted by atomic mass is 10.1. The predicted octanol–water partition coefficient (Wildman–Crippen LogP) is 3.55. The van der Waals surface area contributed by atoms with E-state index in [9.17, 15) is 0 Å². The van der Waals surface area contributed by atoms with Crippen molar-refractivity contribution < 1.29 is 9.15 Å². The minimum absolute atomic E-state index is 0.635. The summed E-state index contributed by atoms with van der Waals surface area (Å²) in [7, 11) is 1.61. The second-order valence-corrected chi connectivity index (χ2v) is 4.86. The molecular formula is C15H19ClN2O2. The van der Waals surface area contributed by atoms with Crippen molar-refractivity contribution >= 4 is 11.6 Å². The molecule has 108 valence electrons. The standard InChI is InChI=1S/C15H19ClN2O2/c1-3-17-8-4-5-15-18-10-14(20-15)12-7-6-11(16)9-13(12)19-2/h6-7,9-10,17H,3-5,8H2,1-2H3. The number of nitrogens with zero attached hydrogens (tertiary/aromatic N) is 1. The van der Waals surface area contributed by atoms with Crippen molar-refractivity contribution in [3.8, 4) is 17.1 Å². The first kappa shape index (κ1) is 14.9. The summed E-state index contributed by atoms with van der Waals surface area (Å²) in [4.78, 5) is 4.31. The molecule has 1 N–H and O–H groups in total. The molecule has 0 aliphatic carbocycles. The van der Waals surface area contributed by atoms with Crippen LogP contribution in [0.5, 0.6) is 5.75 Å². The molecule has 1 aromatic carbocycles. The number of aromatic nitrogens is 1. The van der Waals surface area contributed by atoms with Crippen molar-refractivity contribution in [2.75, 3.05) is 20.2 Å². The Hall–Kier alpha value is -1.52. The number of hydrogen-bond acceptors (Lipinski definition) is 4. The van der Waals surface area contributed by atoms with E-state index in [4.69, 9.17) is 20.8 Å². The molecule has 2 rings (SSSR count). The fraction of sp³-hybridized carbons (Fsp3) is 0.400. The molecular weight excluding hydrogens is 276 g/mol. The number of ether oxygens (including phenoxy) is 1. The summed E-state index contributed by atoms with van der Waals surface area (Å²) in [5.74, 6) is 2.14. The number of nitrogens with one attached hydrogen (secondary N) is 1. The second kappa shape index (κ2) is 7.31. The highest BCUT2D eigenvalue weighted by Gasteiger charge is 2.11. The lowest BCUT2D eigenvalue weighted by molar-refractivity contribution is 0.413. The van der Waals surface area contributed by atoms with Gasteiger partial charge in [-0.25, -0.2) is 4.98 Å². The Balaban J connectivity index is 2.08. The minimum atomic E-state index is 0.635. The smallest absolute Gasteiger partial charge is 0.194 e. The lowest BCUT2D eigenvalue weighted by Crippen LogP contribution is -2.14. The summed E-state index contributed by atoms with van der Waals surface area (Å²) in [6.45, 7) is 4.05. The van der Waals surface area contributed by atoms with Crippen LogP contribution in [0.2, 0.25) is 5.02 Å². The van der Waals surface area contributed by atoms with E-state index in [-0.39, 0.29) is 0 Å². The topological polar surface area (TPSA) is 47.3 Å². The van der Waals surface area contributed by atoms with Crippen molar-refractivity contribution in [3.63, 3.8) is 0 Å². The van der Waals surface area contributed by atoms with Gasteiger partial charge < -0.3 is 14.5 Å². The van der Waals surface area contributed by atoms with E-state index in [2.05, 4.69) is 17.2 Å². The van der Waals surface area contributed by atoms with Gasteiger partial charge in [-0.05, 0) is 37.7 Å². The first-order valence-electron chi connectivity index (χ1n) is 6.74. The monoisotopic (exact) mass is 294 g/mol. The first-order chi connectivity index (χ1) is 9.74. The molecule has 0 aliphatic rings. The van der Waals surface area contributed by atoms with Gasteiger partial charge in [0.2, 0.25) is 0 Å². The maximum absolute atomic E-state index is 5.95. The van der Waals surface area contributed by atoms with Crippen LogP contribution in [-0.4, -0.2) is 25.2 Å². The molecule has 0 fully saturated rings. The van der Waals surface area contributed by atoms with Crippen molar-refractivity contribution in [2.24, 2.45) is 0 Å². The maximum Gasteiger partial charge on any atom is 0.194 e. The maximum atomic E-state index is 5.95. The number of aryl methyl sites for hydroxylation is 1. The molecule has 1 heterocycles. The Kier molecular flexibility index (Phi) is 5.44. The molecule has 0 atom stereocenters. The molecule has 0 aliphatic heterocycles. The van der Waals surface area contributed by atoms with Gasteiger partial charge in [0.15, 0.2) is 11.7 Å². The van der Waals surface area contributed by atoms with E-state index >= 15 is 0 Å². The highest BCUT2D eigenvalue weighted by atomic mass is 35.5. The number of hydrogen-bond donors (Lipinski definition) is 1. The van der Waals surface area contributed by atoms with Crippen molar-refractivity contribution in [1.82, 2.24) is 10.3 Å². The summed E-state index contributed by atoms with van der Waals surface area (Å²) in [6, 6.07) is 5.46. The Labute approximate surface area is 124 Å². The number of halogens is 1. The predicted molar refractivity (Wildman–Crippen MR) is 80.4 cm³/mol. The van der Waals surface area contributed by atoms with E-state index in [1.54, 1.807) is 19.4 Å². The highest BCUT2D eigenvalue weighted by Crippen LogP contribution is 2.32. The highest BCUT2D eigenvalue weighted by molar-refractivity contribution is 6.30. The average molecular weight is 295 g/mol. The van der Waals surface area contributed by atoms with Gasteiger partial charge in [-0.1, -0.05) is 18.5 Å². The summed E-state index contributed by atoms with van der Waals surface area (Å²) >= 11 is 5.95. The Morgan fingerprint density at radius 3 is 3.00 bits per heavy atom. The van der Waals surface area contributed by atoms with Gasteiger partial charge in [-0.15, -0.1) is 0 Å². The van der Waals surface area contributed by atoms with Crippen LogP contribution in [0.25, 0.3) is 11.3 Å². The molecule has 0 radical (unpaired) electrons. The van der Waals surface area contributed by atoms with Crippen LogP contribution in [0, 0.1) is 0 Å². The molecule has 2 aromatic rings. The van der Waals surface area contributed by atoms with Crippen LogP contribution in [0.15, 0.2) is 28.8 Å². The van der Waals surface area contributed by atoms with Crippen LogP contribution < -0.4 is 10.1 Å². The van der Waals surface area contributed by atoms with E-state index in [0.29, 0.717) is 16.5 Å². The third-order valence-corrected chi connectivity index (χ3v) is 3.21. The zero-order valence-corrected chi connectivity index (χ0v) is 12.5. The number of rotatable bonds is 7. The largest absolute Gasteiger partial charge is 0.496 e. The fourth-order valence-electron chi connectivity index (χ4n) is 1.96. The summed E-state index contributed by atoms with van der Waals surface area (Å²) in [6.07, 6.45) is 3.56. The van der Waals surface area contributed by atoms with E-state index in [1.165, 1.54) is 0 Å². The molecule has 0 amide bonds. The molecule has 1 aromatic heterocycles. The summed E-state index contributed by atoms with van der Waals surface area (Å²) in [5, 5.41) is 3.91. The average Bonchev–Trinajstić information content (AvgIpc) is 2.92. The van der Waals surface area contributed by atoms with Gasteiger partial charge >= 0.3 is 0 Å². The normalized spacial score (nSPS) is 10.8. The van der Waals surface area contributed by atoms with Crippen molar-refractivity contribution in [1.29, 1.82) is 0 Å². The van der Waals surface area contributed by atoms with E-state index in [1.807, 2.05) is 12.1 Å². The summed E-state index contributed by atoms with van der Waals surface area (Å²) in [5.41, 5.74) is 0.863. The molecule has 0 saturated heterocycles. The van der Waals surface area contributed by atoms with E-state index < -0.39 is 0 Å². The van der Waals surface area contributed by atoms with Gasteiger partial charge in [0, 0.05) is 11.4 Å². The fourth-order valence-corrected chi connectivity index (χ4v) is 2.12. The van der Waals surface area contributed by atoms with Crippen molar-refractivity contribution in [3.05, 3.63) is 35.3 Å². The molecule has 20 heavy (non-hydrogen) atoms. The number of methoxy groups -OCH3 is 1. The Bertz CT molecular complexity index is 555. The second-order valence-electron chi connectivity index (χ2n) is 4.42. The quantitative estimate of drug-likeness (QED) is 0.793. The molecule has 5 heteroatoms. The number of benzene rings is 1. The van der Waals surface area contributed by atoms with Crippen LogP contribution in [0.3, 0.4) is 0 Å². The van der Waals surface area contributed by atoms with Gasteiger partial charge in [0.25, 0.3) is 0 Å². The molecule has 0 saturated carbocycles. The van der Waals surface area contributed by atoms with Gasteiger partial charge in [0.05, 0.1) is 18.9 Å². The molecule has 0 bridgehead atoms. The SMILES string of the molecule is CCNCCCc1ncc(-c2ccc(Cl)cc2OC)o1. The molecule has 0 unspecified atom stereocenters. The van der Waals surface area contributed by atoms with Gasteiger partial charge in [-0.2, -0.15) is 0 Å². The Morgan fingerprint density at radius 1 is 1.40 bits per heavy atom. The molecule has 0 spiro atoms. The lowest BCUT2D eigenvalue weighted by Gasteiger charge is -2.05. The Morgan fingerprint density at radius 2 is 2.25 bits per heavy atom. The number of oxazole rings is 1. The third kappa shape index (κ3) is 3.74. The molecule has 4 nitrogen and oxygen atoms in total. The zero-order chi connectivity index (χ0) is 14.4. The van der Waals surface area contributed by atoms with E-state index in [0.717, 1.165) is 37.4 Å². The first-order valence-corrected chi connectivity index (χ1v) is 7.11.